The van der Waals surface area contributed by atoms with E-state index in [2.05, 4.69) is 55.9 Å². The minimum Gasteiger partial charge on any atom is -0.310 e. The maximum absolute atomic E-state index is 4.44. The van der Waals surface area contributed by atoms with Gasteiger partial charge in [-0.2, -0.15) is 0 Å². The molecule has 0 atom stereocenters. The fourth-order valence-corrected chi connectivity index (χ4v) is 2.86. The molecule has 1 aliphatic carbocycles. The number of rotatable bonds is 6. The molecular formula is C16H20BrN3. The molecule has 1 aromatic carbocycles. The monoisotopic (exact) mass is 333 g/mol. The summed E-state index contributed by atoms with van der Waals surface area (Å²) in [4.78, 5) is 4.44. The molecule has 0 aliphatic heterocycles. The Kier molecular flexibility index (Phi) is 4.22. The van der Waals surface area contributed by atoms with Crippen LogP contribution in [0.2, 0.25) is 0 Å². The Morgan fingerprint density at radius 3 is 2.95 bits per heavy atom. The van der Waals surface area contributed by atoms with E-state index < -0.39 is 0 Å². The van der Waals surface area contributed by atoms with Crippen LogP contribution in [0.4, 0.5) is 0 Å². The minimum atomic E-state index is 0.742. The lowest BCUT2D eigenvalue weighted by molar-refractivity contribution is 0.686. The van der Waals surface area contributed by atoms with Gasteiger partial charge in [0.1, 0.15) is 5.82 Å². The topological polar surface area (TPSA) is 29.9 Å². The zero-order valence-corrected chi connectivity index (χ0v) is 13.4. The van der Waals surface area contributed by atoms with Crippen LogP contribution < -0.4 is 5.32 Å². The predicted molar refractivity (Wildman–Crippen MR) is 85.1 cm³/mol. The Balaban J connectivity index is 1.79. The van der Waals surface area contributed by atoms with Crippen molar-refractivity contribution >= 4 is 15.9 Å². The normalized spacial score (nSPS) is 14.7. The average Bonchev–Trinajstić information content (AvgIpc) is 3.16. The van der Waals surface area contributed by atoms with Crippen molar-refractivity contribution in [3.63, 3.8) is 0 Å². The molecule has 0 spiro atoms. The first-order valence-electron chi connectivity index (χ1n) is 7.32. The Labute approximate surface area is 128 Å². The van der Waals surface area contributed by atoms with Gasteiger partial charge in [-0.05, 0) is 37.0 Å². The zero-order valence-electron chi connectivity index (χ0n) is 11.8. The van der Waals surface area contributed by atoms with Crippen LogP contribution in [0.1, 0.15) is 37.6 Å². The maximum Gasteiger partial charge on any atom is 0.113 e. The number of aryl methyl sites for hydroxylation is 1. The lowest BCUT2D eigenvalue weighted by atomic mass is 10.2. The third-order valence-electron chi connectivity index (χ3n) is 3.66. The maximum atomic E-state index is 4.44. The molecule has 1 aliphatic rings. The van der Waals surface area contributed by atoms with Crippen LogP contribution in [-0.2, 0) is 13.0 Å². The molecule has 1 N–H and O–H groups in total. The molecule has 0 amide bonds. The van der Waals surface area contributed by atoms with Crippen LogP contribution in [0, 0.1) is 0 Å². The molecule has 1 heterocycles. The quantitative estimate of drug-likeness (QED) is 0.870. The largest absolute Gasteiger partial charge is 0.310 e. The number of nitrogens with one attached hydrogen (secondary N) is 1. The van der Waals surface area contributed by atoms with Crippen molar-refractivity contribution in [3.05, 3.63) is 46.5 Å². The van der Waals surface area contributed by atoms with Gasteiger partial charge >= 0.3 is 0 Å². The van der Waals surface area contributed by atoms with Gasteiger partial charge in [0.25, 0.3) is 0 Å². The predicted octanol–water partition coefficient (Wildman–Crippen LogP) is 3.84. The Morgan fingerprint density at radius 1 is 1.40 bits per heavy atom. The second-order valence-corrected chi connectivity index (χ2v) is 6.25. The fourth-order valence-electron chi connectivity index (χ4n) is 2.35. The van der Waals surface area contributed by atoms with Gasteiger partial charge < -0.3 is 9.88 Å². The molecule has 1 fully saturated rings. The summed E-state index contributed by atoms with van der Waals surface area (Å²) in [7, 11) is 0. The fraction of sp³-hybridized carbons (Fsp3) is 0.438. The van der Waals surface area contributed by atoms with Crippen molar-refractivity contribution in [2.24, 2.45) is 0 Å². The van der Waals surface area contributed by atoms with Crippen molar-refractivity contribution in [2.45, 2.75) is 45.2 Å². The van der Waals surface area contributed by atoms with Crippen molar-refractivity contribution in [1.82, 2.24) is 14.9 Å². The summed E-state index contributed by atoms with van der Waals surface area (Å²) >= 11 is 3.69. The summed E-state index contributed by atoms with van der Waals surface area (Å²) in [5.74, 6) is 1.13. The van der Waals surface area contributed by atoms with Gasteiger partial charge in [-0.15, -0.1) is 0 Å². The first kappa shape index (κ1) is 13.8. The highest BCUT2D eigenvalue weighted by Gasteiger charge is 2.20. The molecule has 2 aromatic rings. The lowest BCUT2D eigenvalue weighted by Crippen LogP contribution is -2.15. The van der Waals surface area contributed by atoms with E-state index in [9.17, 15) is 0 Å². The van der Waals surface area contributed by atoms with Gasteiger partial charge in [-0.25, -0.2) is 4.98 Å². The number of benzene rings is 1. The summed E-state index contributed by atoms with van der Waals surface area (Å²) in [5, 5.41) is 3.55. The van der Waals surface area contributed by atoms with Crippen LogP contribution in [0.5, 0.6) is 0 Å². The number of nitrogens with zero attached hydrogens (tertiary/aromatic N) is 2. The molecule has 3 nitrogen and oxygen atoms in total. The number of halogens is 1. The standard InChI is InChI=1S/C16H20BrN3/c1-2-3-16-18-8-9-20(16)14-7-4-12(15(17)10-14)11-19-13-5-6-13/h4,7-10,13,19H,2-3,5-6,11H2,1H3. The second kappa shape index (κ2) is 6.10. The van der Waals surface area contributed by atoms with Crippen LogP contribution in [0.15, 0.2) is 35.1 Å². The molecule has 106 valence electrons. The van der Waals surface area contributed by atoms with Gasteiger partial charge in [-0.3, -0.25) is 0 Å². The van der Waals surface area contributed by atoms with Gasteiger partial charge in [-0.1, -0.05) is 28.9 Å². The summed E-state index contributed by atoms with van der Waals surface area (Å²) in [5.41, 5.74) is 2.49. The van der Waals surface area contributed by atoms with E-state index in [4.69, 9.17) is 0 Å². The van der Waals surface area contributed by atoms with Gasteiger partial charge in [0.2, 0.25) is 0 Å². The van der Waals surface area contributed by atoms with Crippen molar-refractivity contribution in [1.29, 1.82) is 0 Å². The molecule has 1 saturated carbocycles. The highest BCUT2D eigenvalue weighted by molar-refractivity contribution is 9.10. The number of hydrogen-bond acceptors (Lipinski definition) is 2. The van der Waals surface area contributed by atoms with Crippen LogP contribution >= 0.6 is 15.9 Å². The molecular weight excluding hydrogens is 314 g/mol. The van der Waals surface area contributed by atoms with E-state index in [1.54, 1.807) is 0 Å². The van der Waals surface area contributed by atoms with E-state index in [1.165, 1.54) is 28.6 Å². The second-order valence-electron chi connectivity index (χ2n) is 5.39. The first-order valence-corrected chi connectivity index (χ1v) is 8.11. The van der Waals surface area contributed by atoms with Crippen molar-refractivity contribution < 1.29 is 0 Å². The molecule has 0 bridgehead atoms. The van der Waals surface area contributed by atoms with Crippen molar-refractivity contribution in [2.75, 3.05) is 0 Å². The molecule has 0 radical (unpaired) electrons. The van der Waals surface area contributed by atoms with Gasteiger partial charge in [0.15, 0.2) is 0 Å². The summed E-state index contributed by atoms with van der Waals surface area (Å²) in [6.45, 7) is 3.12. The van der Waals surface area contributed by atoms with E-state index in [1.807, 2.05) is 12.4 Å². The first-order chi connectivity index (χ1) is 9.78. The minimum absolute atomic E-state index is 0.742. The van der Waals surface area contributed by atoms with Gasteiger partial charge in [0, 0.05) is 41.6 Å². The average molecular weight is 334 g/mol. The van der Waals surface area contributed by atoms with Crippen LogP contribution in [-0.4, -0.2) is 15.6 Å². The molecule has 3 rings (SSSR count). The third-order valence-corrected chi connectivity index (χ3v) is 4.40. The van der Waals surface area contributed by atoms with E-state index in [-0.39, 0.29) is 0 Å². The van der Waals surface area contributed by atoms with Crippen LogP contribution in [0.25, 0.3) is 5.69 Å². The summed E-state index contributed by atoms with van der Waals surface area (Å²) < 4.78 is 3.34. The summed E-state index contributed by atoms with van der Waals surface area (Å²) in [6, 6.07) is 7.30. The number of aromatic nitrogens is 2. The highest BCUT2D eigenvalue weighted by Crippen LogP contribution is 2.24. The van der Waals surface area contributed by atoms with E-state index in [0.29, 0.717) is 0 Å². The molecule has 4 heteroatoms. The highest BCUT2D eigenvalue weighted by atomic mass is 79.9. The molecule has 20 heavy (non-hydrogen) atoms. The Hall–Kier alpha value is -1.13. The number of imidazole rings is 1. The SMILES string of the molecule is CCCc1nccn1-c1ccc(CNC2CC2)c(Br)c1. The van der Waals surface area contributed by atoms with E-state index in [0.717, 1.165) is 31.3 Å². The number of hydrogen-bond donors (Lipinski definition) is 1. The van der Waals surface area contributed by atoms with E-state index >= 15 is 0 Å². The molecule has 0 unspecified atom stereocenters. The smallest absolute Gasteiger partial charge is 0.113 e. The molecule has 1 aromatic heterocycles. The Morgan fingerprint density at radius 2 is 2.25 bits per heavy atom. The van der Waals surface area contributed by atoms with Gasteiger partial charge in [0.05, 0.1) is 0 Å². The molecule has 0 saturated heterocycles. The zero-order chi connectivity index (χ0) is 13.9. The summed E-state index contributed by atoms with van der Waals surface area (Å²) in [6.07, 6.45) is 8.68. The Bertz CT molecular complexity index is 587. The third kappa shape index (κ3) is 3.13. The van der Waals surface area contributed by atoms with Crippen molar-refractivity contribution in [3.8, 4) is 5.69 Å². The lowest BCUT2D eigenvalue weighted by Gasteiger charge is -2.11. The van der Waals surface area contributed by atoms with Crippen LogP contribution in [0.3, 0.4) is 0 Å².